The van der Waals surface area contributed by atoms with Crippen LogP contribution in [0, 0.1) is 0 Å². The Balaban J connectivity index is 2.23. The van der Waals surface area contributed by atoms with Crippen molar-refractivity contribution in [3.05, 3.63) is 35.9 Å². The Labute approximate surface area is 76.7 Å². The summed E-state index contributed by atoms with van der Waals surface area (Å²) in [5.74, 6) is 0. The van der Waals surface area contributed by atoms with Gasteiger partial charge in [-0.25, -0.2) is 4.79 Å². The fourth-order valence-corrected chi connectivity index (χ4v) is 1.51. The highest BCUT2D eigenvalue weighted by Gasteiger charge is 2.31. The number of carbonyl (C=O) groups excluding carboxylic acids is 1. The minimum Gasteiger partial charge on any atom is -0.439 e. The Morgan fingerprint density at radius 2 is 2.00 bits per heavy atom. The molecule has 13 heavy (non-hydrogen) atoms. The number of hydrogen-bond donors (Lipinski definition) is 1. The van der Waals surface area contributed by atoms with E-state index in [4.69, 9.17) is 4.74 Å². The van der Waals surface area contributed by atoms with Crippen molar-refractivity contribution in [2.75, 3.05) is 0 Å². The third-order valence-electron chi connectivity index (χ3n) is 2.16. The number of carbonyl (C=O) groups is 1. The van der Waals surface area contributed by atoms with E-state index in [2.05, 4.69) is 5.32 Å². The summed E-state index contributed by atoms with van der Waals surface area (Å²) in [4.78, 5) is 10.9. The molecule has 0 saturated carbocycles. The standard InChI is InChI=1S/C10H11NO2/c1-7-9(13-10(12)11-7)8-5-3-2-4-6-8/h2-7,9H,1H3,(H,11,12)/t7?,9-/m0/s1. The van der Waals surface area contributed by atoms with Crippen molar-refractivity contribution >= 4 is 6.09 Å². The number of alkyl carbamates (subject to hydrolysis) is 1. The molecule has 1 heterocycles. The summed E-state index contributed by atoms with van der Waals surface area (Å²) in [6.07, 6.45) is -0.477. The van der Waals surface area contributed by atoms with E-state index in [1.165, 1.54) is 0 Å². The minimum absolute atomic E-state index is 0.0508. The van der Waals surface area contributed by atoms with Crippen molar-refractivity contribution in [2.24, 2.45) is 0 Å². The molecule has 0 aromatic heterocycles. The molecule has 1 N–H and O–H groups in total. The van der Waals surface area contributed by atoms with E-state index in [0.717, 1.165) is 5.56 Å². The highest BCUT2D eigenvalue weighted by Crippen LogP contribution is 2.25. The van der Waals surface area contributed by atoms with E-state index in [9.17, 15) is 4.79 Å². The van der Waals surface area contributed by atoms with Crippen LogP contribution in [-0.4, -0.2) is 12.1 Å². The summed E-state index contributed by atoms with van der Waals surface area (Å²) in [5.41, 5.74) is 1.04. The number of hydrogen-bond acceptors (Lipinski definition) is 2. The van der Waals surface area contributed by atoms with Crippen molar-refractivity contribution in [3.63, 3.8) is 0 Å². The normalized spacial score (nSPS) is 26.7. The molecule has 3 nitrogen and oxygen atoms in total. The van der Waals surface area contributed by atoms with E-state index < -0.39 is 0 Å². The summed E-state index contributed by atoms with van der Waals surface area (Å²) in [5, 5.41) is 2.70. The van der Waals surface area contributed by atoms with Gasteiger partial charge in [0.15, 0.2) is 0 Å². The first-order valence-corrected chi connectivity index (χ1v) is 4.29. The van der Waals surface area contributed by atoms with Gasteiger partial charge in [-0.2, -0.15) is 0 Å². The lowest BCUT2D eigenvalue weighted by Gasteiger charge is -2.12. The molecule has 1 amide bonds. The predicted molar refractivity (Wildman–Crippen MR) is 48.3 cm³/mol. The van der Waals surface area contributed by atoms with Gasteiger partial charge in [0.05, 0.1) is 6.04 Å². The van der Waals surface area contributed by atoms with Crippen molar-refractivity contribution in [3.8, 4) is 0 Å². The zero-order chi connectivity index (χ0) is 9.26. The van der Waals surface area contributed by atoms with E-state index in [-0.39, 0.29) is 18.2 Å². The molecule has 0 radical (unpaired) electrons. The van der Waals surface area contributed by atoms with Gasteiger partial charge in [0.1, 0.15) is 6.10 Å². The van der Waals surface area contributed by atoms with Gasteiger partial charge in [0, 0.05) is 0 Å². The number of ether oxygens (including phenoxy) is 1. The van der Waals surface area contributed by atoms with Crippen LogP contribution in [0.3, 0.4) is 0 Å². The van der Waals surface area contributed by atoms with Crippen LogP contribution < -0.4 is 5.32 Å². The van der Waals surface area contributed by atoms with E-state index >= 15 is 0 Å². The molecule has 0 bridgehead atoms. The molecule has 2 atom stereocenters. The first kappa shape index (κ1) is 8.10. The fraction of sp³-hybridized carbons (Fsp3) is 0.300. The van der Waals surface area contributed by atoms with Gasteiger partial charge >= 0.3 is 6.09 Å². The van der Waals surface area contributed by atoms with Gasteiger partial charge in [-0.15, -0.1) is 0 Å². The lowest BCUT2D eigenvalue weighted by molar-refractivity contribution is 0.134. The zero-order valence-electron chi connectivity index (χ0n) is 7.36. The van der Waals surface area contributed by atoms with Crippen molar-refractivity contribution < 1.29 is 9.53 Å². The first-order chi connectivity index (χ1) is 6.27. The Morgan fingerprint density at radius 1 is 1.31 bits per heavy atom. The van der Waals surface area contributed by atoms with E-state index in [1.54, 1.807) is 0 Å². The Hall–Kier alpha value is -1.51. The summed E-state index contributed by atoms with van der Waals surface area (Å²) in [6, 6.07) is 9.79. The van der Waals surface area contributed by atoms with Gasteiger partial charge in [0.25, 0.3) is 0 Å². The molecule has 1 unspecified atom stereocenters. The van der Waals surface area contributed by atoms with E-state index in [0.29, 0.717) is 0 Å². The van der Waals surface area contributed by atoms with Crippen LogP contribution in [0.25, 0.3) is 0 Å². The maximum atomic E-state index is 10.9. The Bertz CT molecular complexity index is 310. The second-order valence-corrected chi connectivity index (χ2v) is 3.17. The molecule has 1 aromatic carbocycles. The summed E-state index contributed by atoms with van der Waals surface area (Å²) in [6.45, 7) is 1.93. The highest BCUT2D eigenvalue weighted by atomic mass is 16.6. The molecule has 1 saturated heterocycles. The SMILES string of the molecule is CC1NC(=O)O[C@@H]1c1ccccc1. The van der Waals surface area contributed by atoms with Crippen LogP contribution in [0.4, 0.5) is 4.79 Å². The maximum Gasteiger partial charge on any atom is 0.408 e. The third kappa shape index (κ3) is 1.49. The fourth-order valence-electron chi connectivity index (χ4n) is 1.51. The average molecular weight is 177 g/mol. The molecular formula is C10H11NO2. The number of cyclic esters (lactones) is 1. The van der Waals surface area contributed by atoms with Crippen molar-refractivity contribution in [2.45, 2.75) is 19.1 Å². The monoisotopic (exact) mass is 177 g/mol. The van der Waals surface area contributed by atoms with E-state index in [1.807, 2.05) is 37.3 Å². The summed E-state index contributed by atoms with van der Waals surface area (Å²) in [7, 11) is 0. The second kappa shape index (κ2) is 3.09. The molecule has 2 rings (SSSR count). The zero-order valence-corrected chi connectivity index (χ0v) is 7.36. The van der Waals surface area contributed by atoms with Crippen molar-refractivity contribution in [1.29, 1.82) is 0 Å². The summed E-state index contributed by atoms with van der Waals surface area (Å²) < 4.78 is 5.11. The first-order valence-electron chi connectivity index (χ1n) is 4.29. The minimum atomic E-state index is -0.332. The Morgan fingerprint density at radius 3 is 2.54 bits per heavy atom. The quantitative estimate of drug-likeness (QED) is 0.711. The average Bonchev–Trinajstić information content (AvgIpc) is 2.47. The third-order valence-corrected chi connectivity index (χ3v) is 2.16. The molecule has 1 aliphatic rings. The van der Waals surface area contributed by atoms with Crippen LogP contribution in [0.2, 0.25) is 0 Å². The van der Waals surface area contributed by atoms with Crippen LogP contribution in [0.1, 0.15) is 18.6 Å². The maximum absolute atomic E-state index is 10.9. The van der Waals surface area contributed by atoms with Crippen LogP contribution in [0.5, 0.6) is 0 Å². The van der Waals surface area contributed by atoms with Gasteiger partial charge < -0.3 is 10.1 Å². The Kier molecular flexibility index (Phi) is 1.93. The van der Waals surface area contributed by atoms with Crippen LogP contribution in [0.15, 0.2) is 30.3 Å². The highest BCUT2D eigenvalue weighted by molar-refractivity contribution is 5.70. The molecule has 0 spiro atoms. The topological polar surface area (TPSA) is 38.3 Å². The van der Waals surface area contributed by atoms with Crippen molar-refractivity contribution in [1.82, 2.24) is 5.32 Å². The number of nitrogens with one attached hydrogen (secondary N) is 1. The number of amides is 1. The molecule has 1 aromatic rings. The van der Waals surface area contributed by atoms with Crippen LogP contribution >= 0.6 is 0 Å². The largest absolute Gasteiger partial charge is 0.439 e. The lowest BCUT2D eigenvalue weighted by Crippen LogP contribution is -2.23. The van der Waals surface area contributed by atoms with Gasteiger partial charge in [-0.1, -0.05) is 30.3 Å². The molecule has 1 aliphatic heterocycles. The molecular weight excluding hydrogens is 166 g/mol. The molecule has 0 aliphatic carbocycles. The van der Waals surface area contributed by atoms with Gasteiger partial charge in [-0.05, 0) is 12.5 Å². The number of rotatable bonds is 1. The molecule has 68 valence electrons. The smallest absolute Gasteiger partial charge is 0.408 e. The second-order valence-electron chi connectivity index (χ2n) is 3.17. The van der Waals surface area contributed by atoms with Gasteiger partial charge in [-0.3, -0.25) is 0 Å². The lowest BCUT2D eigenvalue weighted by atomic mass is 10.0. The summed E-state index contributed by atoms with van der Waals surface area (Å²) >= 11 is 0. The molecule has 3 heteroatoms. The molecule has 1 fully saturated rings. The van der Waals surface area contributed by atoms with Gasteiger partial charge in [0.2, 0.25) is 0 Å². The number of benzene rings is 1. The van der Waals surface area contributed by atoms with Crippen LogP contribution in [-0.2, 0) is 4.74 Å². The predicted octanol–water partition coefficient (Wildman–Crippen LogP) is 1.86.